The fourth-order valence-corrected chi connectivity index (χ4v) is 6.70. The highest BCUT2D eigenvalue weighted by Crippen LogP contribution is 2.39. The maximum atomic E-state index is 14.9. The first kappa shape index (κ1) is 33.8. The average Bonchev–Trinajstić information content (AvgIpc) is 3.43. The first-order chi connectivity index (χ1) is 22.5. The number of ketones is 1. The van der Waals surface area contributed by atoms with E-state index in [1.54, 1.807) is 37.5 Å². The van der Waals surface area contributed by atoms with Gasteiger partial charge in [-0.15, -0.1) is 11.3 Å². The molecule has 0 radical (unpaired) electrons. The molecule has 0 aliphatic heterocycles. The van der Waals surface area contributed by atoms with Gasteiger partial charge in [0, 0.05) is 41.3 Å². The number of pyridine rings is 1. The summed E-state index contributed by atoms with van der Waals surface area (Å²) in [5.41, 5.74) is 2.46. The van der Waals surface area contributed by atoms with Crippen LogP contribution in [0, 0.1) is 23.5 Å². The molecule has 10 heteroatoms. The number of halogens is 2. The van der Waals surface area contributed by atoms with Gasteiger partial charge in [-0.1, -0.05) is 69.3 Å². The summed E-state index contributed by atoms with van der Waals surface area (Å²) in [6, 6.07) is 20.7. The zero-order valence-electron chi connectivity index (χ0n) is 26.7. The summed E-state index contributed by atoms with van der Waals surface area (Å²) in [6.45, 7) is 5.48. The summed E-state index contributed by atoms with van der Waals surface area (Å²) in [6.07, 6.45) is 1.43. The number of thiophene rings is 1. The summed E-state index contributed by atoms with van der Waals surface area (Å²) in [4.78, 5) is 43.3. The van der Waals surface area contributed by atoms with Crippen molar-refractivity contribution >= 4 is 38.9 Å². The number of aliphatic hydroxyl groups is 1. The Morgan fingerprint density at radius 3 is 2.19 bits per heavy atom. The van der Waals surface area contributed by atoms with Crippen LogP contribution in [0.1, 0.15) is 47.8 Å². The maximum absolute atomic E-state index is 14.9. The second-order valence-electron chi connectivity index (χ2n) is 12.1. The van der Waals surface area contributed by atoms with E-state index in [-0.39, 0.29) is 36.0 Å². The number of Topliss-reactive ketones (excluding diaryl/α,β-unsaturated/α-hetero) is 1. The van der Waals surface area contributed by atoms with Crippen LogP contribution >= 0.6 is 11.3 Å². The number of carbonyl (C=O) groups excluding carboxylic acids is 2. The largest absolute Gasteiger partial charge is 0.396 e. The Balaban J connectivity index is 1.70. The lowest BCUT2D eigenvalue weighted by molar-refractivity contribution is -0.120. The standard InChI is InChI=1S/C37H37F2N3O4S/c1-22(2)33(44)29-20-42(19-27-30(38)11-8-12-31(27)39)37-32(34(29)45)28(18-41(4)17-24-9-6-5-7-10-24)35(47-37)25-13-15-26(16-14-25)40-36(46)23(3)21-43/h5-16,20,22-23,43H,17-19,21H2,1-4H3,(H,40,46)/t23-/m0/s1. The number of fused-ring (bicyclic) bond motifs is 1. The number of benzene rings is 3. The van der Waals surface area contributed by atoms with Gasteiger partial charge in [-0.2, -0.15) is 0 Å². The average molecular weight is 658 g/mol. The lowest BCUT2D eigenvalue weighted by Crippen LogP contribution is -2.24. The number of carbonyl (C=O) groups is 2. The SMILES string of the molecule is CC(C)C(=O)c1cn(Cc2c(F)cccc2F)c2sc(-c3ccc(NC(=O)[C@@H](C)CO)cc3)c(CN(C)Cc3ccccc3)c2c1=O. The van der Waals surface area contributed by atoms with Crippen molar-refractivity contribution in [3.63, 3.8) is 0 Å². The third-order valence-corrected chi connectivity index (χ3v) is 9.36. The number of anilines is 1. The molecule has 5 rings (SSSR count). The number of amides is 1. The first-order valence-corrected chi connectivity index (χ1v) is 16.2. The molecule has 0 saturated heterocycles. The van der Waals surface area contributed by atoms with Gasteiger partial charge in [0.2, 0.25) is 11.3 Å². The molecule has 2 heterocycles. The molecule has 2 aromatic heterocycles. The van der Waals surface area contributed by atoms with Gasteiger partial charge < -0.3 is 15.0 Å². The number of nitrogens with zero attached hydrogens (tertiary/aromatic N) is 2. The van der Waals surface area contributed by atoms with Crippen molar-refractivity contribution in [2.75, 3.05) is 19.0 Å². The molecule has 0 fully saturated rings. The van der Waals surface area contributed by atoms with E-state index in [9.17, 15) is 28.3 Å². The van der Waals surface area contributed by atoms with Gasteiger partial charge in [0.25, 0.3) is 0 Å². The van der Waals surface area contributed by atoms with Crippen molar-refractivity contribution in [3.8, 4) is 10.4 Å². The highest BCUT2D eigenvalue weighted by molar-refractivity contribution is 7.22. The van der Waals surface area contributed by atoms with Gasteiger partial charge >= 0.3 is 0 Å². The van der Waals surface area contributed by atoms with E-state index in [0.29, 0.717) is 34.6 Å². The number of aliphatic hydroxyl groups excluding tert-OH is 1. The minimum absolute atomic E-state index is 0.0309. The Morgan fingerprint density at radius 1 is 0.915 bits per heavy atom. The number of hydrogen-bond donors (Lipinski definition) is 2. The van der Waals surface area contributed by atoms with Crippen molar-refractivity contribution in [1.29, 1.82) is 0 Å². The molecule has 7 nitrogen and oxygen atoms in total. The highest BCUT2D eigenvalue weighted by Gasteiger charge is 2.26. The Labute approximate surface area is 276 Å². The van der Waals surface area contributed by atoms with Gasteiger partial charge in [0.15, 0.2) is 5.78 Å². The molecular formula is C37H37F2N3O4S. The van der Waals surface area contributed by atoms with Crippen LogP contribution in [0.5, 0.6) is 0 Å². The van der Waals surface area contributed by atoms with Crippen molar-refractivity contribution in [1.82, 2.24) is 9.47 Å². The molecule has 1 atom stereocenters. The normalized spacial score (nSPS) is 12.2. The van der Waals surface area contributed by atoms with Gasteiger partial charge in [-0.3, -0.25) is 19.3 Å². The molecule has 0 unspecified atom stereocenters. The fraction of sp³-hybridized carbons (Fsp3) is 0.270. The fourth-order valence-electron chi connectivity index (χ4n) is 5.41. The Bertz CT molecular complexity index is 1950. The summed E-state index contributed by atoms with van der Waals surface area (Å²) in [7, 11) is 1.94. The first-order valence-electron chi connectivity index (χ1n) is 15.4. The van der Waals surface area contributed by atoms with Crippen molar-refractivity contribution < 1.29 is 23.5 Å². The molecular weight excluding hydrogens is 620 g/mol. The van der Waals surface area contributed by atoms with Crippen LogP contribution < -0.4 is 10.7 Å². The van der Waals surface area contributed by atoms with E-state index in [1.165, 1.54) is 35.7 Å². The van der Waals surface area contributed by atoms with E-state index in [4.69, 9.17) is 0 Å². The van der Waals surface area contributed by atoms with Crippen LogP contribution in [0.15, 0.2) is 83.8 Å². The molecule has 3 aromatic carbocycles. The summed E-state index contributed by atoms with van der Waals surface area (Å²) >= 11 is 1.31. The van der Waals surface area contributed by atoms with Gasteiger partial charge in [0.05, 0.1) is 30.0 Å². The van der Waals surface area contributed by atoms with Crippen LogP contribution in [-0.2, 0) is 24.4 Å². The third kappa shape index (κ3) is 7.40. The van der Waals surface area contributed by atoms with Crippen LogP contribution in [0.4, 0.5) is 14.5 Å². The quantitative estimate of drug-likeness (QED) is 0.140. The third-order valence-electron chi connectivity index (χ3n) is 8.05. The van der Waals surface area contributed by atoms with Crippen molar-refractivity contribution in [2.24, 2.45) is 11.8 Å². The molecule has 244 valence electrons. The molecule has 1 amide bonds. The maximum Gasteiger partial charge on any atom is 0.229 e. The Morgan fingerprint density at radius 2 is 1.57 bits per heavy atom. The minimum atomic E-state index is -0.721. The van der Waals surface area contributed by atoms with Crippen molar-refractivity contribution in [3.05, 3.63) is 123 Å². The summed E-state index contributed by atoms with van der Waals surface area (Å²) < 4.78 is 31.4. The van der Waals surface area contributed by atoms with Crippen LogP contribution in [0.3, 0.4) is 0 Å². The van der Waals surface area contributed by atoms with E-state index in [1.807, 2.05) is 49.5 Å². The van der Waals surface area contributed by atoms with Crippen LogP contribution in [0.2, 0.25) is 0 Å². The van der Waals surface area contributed by atoms with Gasteiger partial charge in [-0.05, 0) is 48.0 Å². The second kappa shape index (κ2) is 14.5. The Hall–Kier alpha value is -4.51. The predicted octanol–water partition coefficient (Wildman–Crippen LogP) is 7.09. The highest BCUT2D eigenvalue weighted by atomic mass is 32.1. The molecule has 0 aliphatic rings. The van der Waals surface area contributed by atoms with E-state index in [2.05, 4.69) is 10.2 Å². The number of hydrogen-bond acceptors (Lipinski definition) is 6. The molecule has 2 N–H and O–H groups in total. The molecule has 0 spiro atoms. The van der Waals surface area contributed by atoms with E-state index < -0.39 is 28.9 Å². The van der Waals surface area contributed by atoms with E-state index >= 15 is 0 Å². The number of rotatable bonds is 12. The smallest absolute Gasteiger partial charge is 0.229 e. The monoisotopic (exact) mass is 657 g/mol. The molecule has 47 heavy (non-hydrogen) atoms. The lowest BCUT2D eigenvalue weighted by Gasteiger charge is -2.18. The summed E-state index contributed by atoms with van der Waals surface area (Å²) in [5, 5.41) is 12.5. The topological polar surface area (TPSA) is 91.6 Å². The van der Waals surface area contributed by atoms with Gasteiger partial charge in [-0.25, -0.2) is 8.78 Å². The van der Waals surface area contributed by atoms with E-state index in [0.717, 1.165) is 16.0 Å². The molecule has 0 aliphatic carbocycles. The zero-order valence-corrected chi connectivity index (χ0v) is 27.5. The summed E-state index contributed by atoms with van der Waals surface area (Å²) in [5.74, 6) is -3.16. The number of nitrogens with one attached hydrogen (secondary N) is 1. The van der Waals surface area contributed by atoms with Crippen molar-refractivity contribution in [2.45, 2.75) is 40.4 Å². The Kier molecular flexibility index (Phi) is 10.4. The second-order valence-corrected chi connectivity index (χ2v) is 13.1. The van der Waals surface area contributed by atoms with Crippen LogP contribution in [0.25, 0.3) is 20.7 Å². The zero-order chi connectivity index (χ0) is 33.8. The van der Waals surface area contributed by atoms with Crippen LogP contribution in [-0.4, -0.2) is 39.9 Å². The van der Waals surface area contributed by atoms with Gasteiger partial charge in [0.1, 0.15) is 16.5 Å². The molecule has 5 aromatic rings. The lowest BCUT2D eigenvalue weighted by atomic mass is 9.99. The molecule has 0 saturated carbocycles. The minimum Gasteiger partial charge on any atom is -0.396 e. The predicted molar refractivity (Wildman–Crippen MR) is 183 cm³/mol. The molecule has 0 bridgehead atoms. The number of aromatic nitrogens is 1.